The molecule has 0 aromatic carbocycles. The van der Waals surface area contributed by atoms with Crippen molar-refractivity contribution < 1.29 is 9.66 Å². The number of fused-ring (bicyclic) bond motifs is 3. The predicted molar refractivity (Wildman–Crippen MR) is 65.1 cm³/mol. The zero-order chi connectivity index (χ0) is 11.8. The predicted octanol–water partition coefficient (Wildman–Crippen LogP) is 1.30. The summed E-state index contributed by atoms with van der Waals surface area (Å²) in [6, 6.07) is 0. The highest BCUT2D eigenvalue weighted by Gasteiger charge is 2.37. The van der Waals surface area contributed by atoms with Crippen LogP contribution in [0.4, 0.5) is 0 Å². The molecule has 0 bridgehead atoms. The molecule has 0 saturated heterocycles. The lowest BCUT2D eigenvalue weighted by Crippen LogP contribution is -2.21. The molecule has 6 heteroatoms. The second-order valence-electron chi connectivity index (χ2n) is 3.97. The SMILES string of the molecule is O=CNC1=CCC2C(=C1)C=C1SC[N+](=O)N=C12. The second kappa shape index (κ2) is 3.96. The maximum atomic E-state index is 11.2. The molecule has 1 amide bonds. The van der Waals surface area contributed by atoms with Crippen LogP contribution >= 0.6 is 11.8 Å². The van der Waals surface area contributed by atoms with Gasteiger partial charge in [-0.2, -0.15) is 0 Å². The summed E-state index contributed by atoms with van der Waals surface area (Å²) in [5.74, 6) is 0.522. The summed E-state index contributed by atoms with van der Waals surface area (Å²) in [5.41, 5.74) is 2.80. The Bertz CT molecular complexity index is 531. The molecule has 17 heavy (non-hydrogen) atoms. The topological polar surface area (TPSA) is 61.5 Å². The average molecular weight is 248 g/mol. The first kappa shape index (κ1) is 10.5. The zero-order valence-electron chi connectivity index (χ0n) is 8.92. The van der Waals surface area contributed by atoms with Crippen LogP contribution in [0.15, 0.2) is 39.5 Å². The van der Waals surface area contributed by atoms with Gasteiger partial charge < -0.3 is 5.32 Å². The van der Waals surface area contributed by atoms with E-state index in [0.29, 0.717) is 12.3 Å². The van der Waals surface area contributed by atoms with Gasteiger partial charge in [-0.25, -0.2) is 0 Å². The fraction of sp³-hybridized carbons (Fsp3) is 0.273. The molecule has 2 aliphatic carbocycles. The molecule has 0 aromatic rings. The van der Waals surface area contributed by atoms with E-state index in [-0.39, 0.29) is 5.92 Å². The summed E-state index contributed by atoms with van der Waals surface area (Å²) in [7, 11) is 0. The third kappa shape index (κ3) is 1.74. The standard InChI is InChI=1S/C11H9N3O2S/c15-5-12-8-1-2-9-7(3-8)4-10-11(9)13-14(16)6-17-10/h1,3-5,9H,2,6H2/p+1. The number of nitrogens with one attached hydrogen (secondary N) is 1. The van der Waals surface area contributed by atoms with Crippen molar-refractivity contribution in [3.05, 3.63) is 39.3 Å². The molecule has 0 fully saturated rings. The maximum absolute atomic E-state index is 11.2. The lowest BCUT2D eigenvalue weighted by molar-refractivity contribution is -0.534. The van der Waals surface area contributed by atoms with E-state index >= 15 is 0 Å². The summed E-state index contributed by atoms with van der Waals surface area (Å²) in [6.07, 6.45) is 7.39. The van der Waals surface area contributed by atoms with Crippen LogP contribution in [0.25, 0.3) is 0 Å². The normalized spacial score (nSPS) is 26.1. The molecule has 1 N–H and O–H groups in total. The molecule has 86 valence electrons. The first-order chi connectivity index (χ1) is 8.28. The van der Waals surface area contributed by atoms with Crippen LogP contribution in [0, 0.1) is 10.8 Å². The van der Waals surface area contributed by atoms with E-state index in [9.17, 15) is 9.70 Å². The molecule has 3 rings (SSSR count). The number of amides is 1. The van der Waals surface area contributed by atoms with Gasteiger partial charge in [-0.15, -0.1) is 0 Å². The summed E-state index contributed by atoms with van der Waals surface area (Å²) in [4.78, 5) is 23.4. The summed E-state index contributed by atoms with van der Waals surface area (Å²) >= 11 is 1.51. The van der Waals surface area contributed by atoms with Crippen LogP contribution < -0.4 is 5.32 Å². The summed E-state index contributed by atoms with van der Waals surface area (Å²) < 4.78 is 0. The summed E-state index contributed by atoms with van der Waals surface area (Å²) in [5, 5.41) is 6.69. The smallest absolute Gasteiger partial charge is 0.278 e. The van der Waals surface area contributed by atoms with Gasteiger partial charge in [0.1, 0.15) is 5.71 Å². The highest BCUT2D eigenvalue weighted by atomic mass is 32.2. The Morgan fingerprint density at radius 2 is 2.41 bits per heavy atom. The fourth-order valence-corrected chi connectivity index (χ4v) is 3.06. The molecule has 0 radical (unpaired) electrons. The number of hydrazone groups is 1. The maximum Gasteiger partial charge on any atom is 0.278 e. The van der Waals surface area contributed by atoms with E-state index in [1.165, 1.54) is 11.8 Å². The van der Waals surface area contributed by atoms with Crippen LogP contribution in [0.3, 0.4) is 0 Å². The van der Waals surface area contributed by atoms with Crippen molar-refractivity contribution in [2.45, 2.75) is 6.42 Å². The van der Waals surface area contributed by atoms with Gasteiger partial charge in [-0.1, -0.05) is 6.08 Å². The Labute approximate surface area is 102 Å². The Balaban J connectivity index is 1.95. The van der Waals surface area contributed by atoms with Crippen molar-refractivity contribution in [2.24, 2.45) is 11.0 Å². The number of allylic oxidation sites excluding steroid dienone is 5. The number of nitroso groups, excluding NO2 is 1. The van der Waals surface area contributed by atoms with E-state index < -0.39 is 0 Å². The minimum Gasteiger partial charge on any atom is -0.329 e. The molecule has 1 unspecified atom stereocenters. The van der Waals surface area contributed by atoms with Gasteiger partial charge >= 0.3 is 0 Å². The molecule has 0 aromatic heterocycles. The highest BCUT2D eigenvalue weighted by Crippen LogP contribution is 2.40. The van der Waals surface area contributed by atoms with Crippen molar-refractivity contribution in [1.82, 2.24) is 5.32 Å². The Hall–Kier alpha value is -1.69. The van der Waals surface area contributed by atoms with Crippen LogP contribution in [0.1, 0.15) is 6.42 Å². The number of hydrogen-bond donors (Lipinski definition) is 1. The van der Waals surface area contributed by atoms with Gasteiger partial charge in [0.25, 0.3) is 5.88 Å². The van der Waals surface area contributed by atoms with Gasteiger partial charge in [0.2, 0.25) is 6.41 Å². The monoisotopic (exact) mass is 248 g/mol. The van der Waals surface area contributed by atoms with Gasteiger partial charge in [-0.3, -0.25) is 4.79 Å². The van der Waals surface area contributed by atoms with Gasteiger partial charge in [0.05, 0.1) is 4.91 Å². The minimum absolute atomic E-state index is 0.173. The molecular weight excluding hydrogens is 238 g/mol. The first-order valence-electron chi connectivity index (χ1n) is 5.28. The largest absolute Gasteiger partial charge is 0.329 e. The van der Waals surface area contributed by atoms with E-state index in [1.807, 2.05) is 12.2 Å². The highest BCUT2D eigenvalue weighted by molar-refractivity contribution is 8.03. The van der Waals surface area contributed by atoms with Crippen molar-refractivity contribution in [1.29, 1.82) is 0 Å². The lowest BCUT2D eigenvalue weighted by Gasteiger charge is -2.16. The van der Waals surface area contributed by atoms with Crippen molar-refractivity contribution in [2.75, 3.05) is 5.88 Å². The van der Waals surface area contributed by atoms with E-state index in [2.05, 4.69) is 16.5 Å². The number of carbonyl (C=O) groups is 1. The van der Waals surface area contributed by atoms with Gasteiger partial charge in [0.15, 0.2) is 4.87 Å². The van der Waals surface area contributed by atoms with Crippen molar-refractivity contribution in [3.63, 3.8) is 0 Å². The Morgan fingerprint density at radius 1 is 1.53 bits per heavy atom. The molecule has 0 spiro atoms. The number of carbonyl (C=O) groups excluding carboxylic acids is 1. The first-order valence-corrected chi connectivity index (χ1v) is 6.26. The molecular formula is C11H10N3O2S+. The van der Waals surface area contributed by atoms with Gasteiger partial charge in [-0.05, 0) is 35.9 Å². The lowest BCUT2D eigenvalue weighted by atomic mass is 9.91. The van der Waals surface area contributed by atoms with Crippen LogP contribution in [-0.4, -0.2) is 22.9 Å². The third-order valence-corrected chi connectivity index (χ3v) is 3.94. The van der Waals surface area contributed by atoms with E-state index in [1.54, 1.807) is 0 Å². The minimum atomic E-state index is 0.173. The Kier molecular flexibility index (Phi) is 2.44. The fourth-order valence-electron chi connectivity index (χ4n) is 2.21. The summed E-state index contributed by atoms with van der Waals surface area (Å²) in [6.45, 7) is 0. The second-order valence-corrected chi connectivity index (χ2v) is 4.96. The average Bonchev–Trinajstić information content (AvgIpc) is 2.66. The molecule has 1 heterocycles. The zero-order valence-corrected chi connectivity index (χ0v) is 9.74. The number of rotatable bonds is 2. The molecule has 1 atom stereocenters. The van der Waals surface area contributed by atoms with Crippen molar-refractivity contribution >= 4 is 23.9 Å². The number of hydrogen-bond acceptors (Lipinski definition) is 3. The number of nitrogens with zero attached hydrogens (tertiary/aromatic N) is 2. The van der Waals surface area contributed by atoms with Crippen LogP contribution in [0.5, 0.6) is 0 Å². The van der Waals surface area contributed by atoms with Crippen LogP contribution in [-0.2, 0) is 4.79 Å². The molecule has 0 saturated carbocycles. The quantitative estimate of drug-likeness (QED) is 0.592. The molecule has 5 nitrogen and oxygen atoms in total. The number of thioether (sulfide) groups is 1. The Morgan fingerprint density at radius 3 is 3.24 bits per heavy atom. The van der Waals surface area contributed by atoms with Crippen molar-refractivity contribution in [3.8, 4) is 0 Å². The molecule has 3 aliphatic rings. The van der Waals surface area contributed by atoms with E-state index in [4.69, 9.17) is 0 Å². The van der Waals surface area contributed by atoms with Gasteiger partial charge in [0, 0.05) is 21.6 Å². The third-order valence-electron chi connectivity index (χ3n) is 2.95. The molecule has 1 aliphatic heterocycles. The van der Waals surface area contributed by atoms with E-state index in [0.717, 1.165) is 33.2 Å². The van der Waals surface area contributed by atoms with Crippen LogP contribution in [0.2, 0.25) is 0 Å².